The summed E-state index contributed by atoms with van der Waals surface area (Å²) >= 11 is 0. The van der Waals surface area contributed by atoms with Crippen molar-refractivity contribution in [3.63, 3.8) is 0 Å². The monoisotopic (exact) mass is 216 g/mol. The van der Waals surface area contributed by atoms with E-state index in [4.69, 9.17) is 10.2 Å². The Balaban J connectivity index is 2.56. The fourth-order valence-corrected chi connectivity index (χ4v) is 1.95. The molecule has 0 radical (unpaired) electrons. The van der Waals surface area contributed by atoms with Crippen LogP contribution in [0.15, 0.2) is 34.7 Å². The van der Waals surface area contributed by atoms with E-state index >= 15 is 0 Å². The van der Waals surface area contributed by atoms with Crippen LogP contribution in [0.3, 0.4) is 0 Å². The quantitative estimate of drug-likeness (QED) is 0.680. The number of benzene rings is 2. The molecule has 0 aliphatic rings. The highest BCUT2D eigenvalue weighted by atomic mass is 19.1. The molecule has 0 unspecified atom stereocenters. The maximum Gasteiger partial charge on any atom is 0.293 e. The third-order valence-electron chi connectivity index (χ3n) is 2.64. The predicted molar refractivity (Wildman–Crippen MR) is 60.7 cm³/mol. The van der Waals surface area contributed by atoms with Crippen molar-refractivity contribution in [2.24, 2.45) is 0 Å². The van der Waals surface area contributed by atoms with Gasteiger partial charge in [0.05, 0.1) is 0 Å². The van der Waals surface area contributed by atoms with Gasteiger partial charge in [0.15, 0.2) is 5.58 Å². The molecule has 2 N–H and O–H groups in total. The minimum absolute atomic E-state index is 0.108. The lowest BCUT2D eigenvalue weighted by molar-refractivity contribution is 0.488. The highest BCUT2D eigenvalue weighted by Gasteiger charge is 2.10. The molecule has 0 bridgehead atoms. The van der Waals surface area contributed by atoms with Crippen LogP contribution >= 0.6 is 0 Å². The first-order valence-corrected chi connectivity index (χ1v) is 4.92. The Hall–Kier alpha value is -2.10. The van der Waals surface area contributed by atoms with Gasteiger partial charge in [-0.1, -0.05) is 24.3 Å². The first-order valence-electron chi connectivity index (χ1n) is 4.92. The van der Waals surface area contributed by atoms with Gasteiger partial charge in [-0.2, -0.15) is 4.98 Å². The highest BCUT2D eigenvalue weighted by Crippen LogP contribution is 2.30. The van der Waals surface area contributed by atoms with E-state index in [1.54, 1.807) is 6.07 Å². The van der Waals surface area contributed by atoms with E-state index in [0.29, 0.717) is 16.7 Å². The highest BCUT2D eigenvalue weighted by molar-refractivity contribution is 6.05. The van der Waals surface area contributed by atoms with Gasteiger partial charge in [0.25, 0.3) is 6.01 Å². The van der Waals surface area contributed by atoms with Gasteiger partial charge < -0.3 is 10.2 Å². The van der Waals surface area contributed by atoms with Crippen molar-refractivity contribution in [2.45, 2.75) is 6.67 Å². The summed E-state index contributed by atoms with van der Waals surface area (Å²) in [5, 5.41) is 1.69. The first-order chi connectivity index (χ1) is 7.79. The molecule has 3 nitrogen and oxygen atoms in total. The second kappa shape index (κ2) is 3.20. The van der Waals surface area contributed by atoms with E-state index < -0.39 is 6.67 Å². The zero-order valence-electron chi connectivity index (χ0n) is 8.40. The molecule has 1 heterocycles. The molecule has 3 rings (SSSR count). The van der Waals surface area contributed by atoms with Gasteiger partial charge in [0.1, 0.15) is 12.2 Å². The molecule has 4 heteroatoms. The van der Waals surface area contributed by atoms with E-state index in [9.17, 15) is 4.39 Å². The molecule has 3 aromatic rings. The van der Waals surface area contributed by atoms with Crippen molar-refractivity contribution < 1.29 is 8.81 Å². The molecule has 1 aromatic heterocycles. The van der Waals surface area contributed by atoms with E-state index in [1.807, 2.05) is 24.3 Å². The second-order valence-corrected chi connectivity index (χ2v) is 3.62. The van der Waals surface area contributed by atoms with Crippen molar-refractivity contribution in [3.05, 3.63) is 35.9 Å². The lowest BCUT2D eigenvalue weighted by Crippen LogP contribution is -1.84. The van der Waals surface area contributed by atoms with E-state index in [0.717, 1.165) is 10.8 Å². The minimum Gasteiger partial charge on any atom is -0.423 e. The molecule has 0 fully saturated rings. The van der Waals surface area contributed by atoms with Gasteiger partial charge in [0.2, 0.25) is 0 Å². The number of hydrogen-bond donors (Lipinski definition) is 1. The maximum absolute atomic E-state index is 12.9. The average molecular weight is 216 g/mol. The van der Waals surface area contributed by atoms with E-state index in [-0.39, 0.29) is 6.01 Å². The van der Waals surface area contributed by atoms with Crippen molar-refractivity contribution >= 4 is 27.9 Å². The van der Waals surface area contributed by atoms with Crippen LogP contribution in [-0.4, -0.2) is 4.98 Å². The zero-order chi connectivity index (χ0) is 11.1. The second-order valence-electron chi connectivity index (χ2n) is 3.62. The van der Waals surface area contributed by atoms with Crippen molar-refractivity contribution in [3.8, 4) is 0 Å². The smallest absolute Gasteiger partial charge is 0.293 e. The molecule has 0 amide bonds. The number of hydrogen-bond acceptors (Lipinski definition) is 3. The molecule has 2 aromatic carbocycles. The summed E-state index contributed by atoms with van der Waals surface area (Å²) in [6.45, 7) is -0.525. The number of anilines is 1. The first kappa shape index (κ1) is 9.15. The number of rotatable bonds is 1. The Morgan fingerprint density at radius 2 is 2.00 bits per heavy atom. The van der Waals surface area contributed by atoms with E-state index in [1.165, 1.54) is 0 Å². The third-order valence-corrected chi connectivity index (χ3v) is 2.64. The molecular formula is C12H9FN2O. The lowest BCUT2D eigenvalue weighted by atomic mass is 10.0. The molecule has 0 aliphatic carbocycles. The summed E-state index contributed by atoms with van der Waals surface area (Å²) in [5.41, 5.74) is 7.33. The fraction of sp³-hybridized carbons (Fsp3) is 0.0833. The molecule has 0 saturated carbocycles. The largest absolute Gasteiger partial charge is 0.423 e. The Labute approximate surface area is 90.7 Å². The SMILES string of the molecule is Nc1nc2cc(CF)c3ccccc3c2o1. The number of nitrogen functional groups attached to an aromatic ring is 1. The van der Waals surface area contributed by atoms with Crippen LogP contribution in [0.25, 0.3) is 21.9 Å². The van der Waals surface area contributed by atoms with Gasteiger partial charge in [-0.05, 0) is 17.0 Å². The molecule has 80 valence electrons. The number of nitrogens with two attached hydrogens (primary N) is 1. The van der Waals surface area contributed by atoms with Crippen LogP contribution < -0.4 is 5.73 Å². The minimum atomic E-state index is -0.525. The van der Waals surface area contributed by atoms with Crippen LogP contribution in [0.5, 0.6) is 0 Å². The number of fused-ring (bicyclic) bond motifs is 3. The van der Waals surface area contributed by atoms with Crippen molar-refractivity contribution in [2.75, 3.05) is 5.73 Å². The van der Waals surface area contributed by atoms with E-state index in [2.05, 4.69) is 4.98 Å². The molecule has 0 atom stereocenters. The maximum atomic E-state index is 12.9. The number of nitrogens with zero attached hydrogens (tertiary/aromatic N) is 1. The van der Waals surface area contributed by atoms with Gasteiger partial charge in [-0.3, -0.25) is 0 Å². The molecule has 0 spiro atoms. The fourth-order valence-electron chi connectivity index (χ4n) is 1.95. The van der Waals surface area contributed by atoms with Crippen LogP contribution in [-0.2, 0) is 6.67 Å². The predicted octanol–water partition coefficient (Wildman–Crippen LogP) is 3.03. The van der Waals surface area contributed by atoms with Gasteiger partial charge in [0, 0.05) is 5.39 Å². The van der Waals surface area contributed by atoms with Crippen LogP contribution in [0.2, 0.25) is 0 Å². The van der Waals surface area contributed by atoms with Crippen LogP contribution in [0.4, 0.5) is 10.4 Å². The Morgan fingerprint density at radius 1 is 1.25 bits per heavy atom. The number of alkyl halides is 1. The Morgan fingerprint density at radius 3 is 2.75 bits per heavy atom. The summed E-state index contributed by atoms with van der Waals surface area (Å²) in [6.07, 6.45) is 0. The van der Waals surface area contributed by atoms with Gasteiger partial charge >= 0.3 is 0 Å². The topological polar surface area (TPSA) is 52.0 Å². The third kappa shape index (κ3) is 1.16. The number of aromatic nitrogens is 1. The van der Waals surface area contributed by atoms with Crippen molar-refractivity contribution in [1.29, 1.82) is 0 Å². The zero-order valence-corrected chi connectivity index (χ0v) is 8.40. The van der Waals surface area contributed by atoms with Gasteiger partial charge in [-0.15, -0.1) is 0 Å². The summed E-state index contributed by atoms with van der Waals surface area (Å²) in [6, 6.07) is 9.27. The van der Waals surface area contributed by atoms with Gasteiger partial charge in [-0.25, -0.2) is 4.39 Å². The summed E-state index contributed by atoms with van der Waals surface area (Å²) < 4.78 is 18.2. The number of oxazole rings is 1. The summed E-state index contributed by atoms with van der Waals surface area (Å²) in [4.78, 5) is 4.02. The summed E-state index contributed by atoms with van der Waals surface area (Å²) in [7, 11) is 0. The normalized spacial score (nSPS) is 11.3. The Bertz CT molecular complexity index is 675. The molecule has 0 saturated heterocycles. The van der Waals surface area contributed by atoms with Crippen LogP contribution in [0, 0.1) is 0 Å². The molecule has 0 aliphatic heterocycles. The number of halogens is 1. The summed E-state index contributed by atoms with van der Waals surface area (Å²) in [5.74, 6) is 0. The lowest BCUT2D eigenvalue weighted by Gasteiger charge is -2.02. The standard InChI is InChI=1S/C12H9FN2O/c13-6-7-5-10-11(16-12(14)15-10)9-4-2-1-3-8(7)9/h1-5H,6H2,(H2,14,15). The average Bonchev–Trinajstić information content (AvgIpc) is 2.68. The molecular weight excluding hydrogens is 207 g/mol. The van der Waals surface area contributed by atoms with Crippen molar-refractivity contribution in [1.82, 2.24) is 4.98 Å². The van der Waals surface area contributed by atoms with Crippen LogP contribution in [0.1, 0.15) is 5.56 Å². The Kier molecular flexibility index (Phi) is 1.83. The molecule has 16 heavy (non-hydrogen) atoms.